The Labute approximate surface area is 123 Å². The maximum atomic E-state index is 13.9. The summed E-state index contributed by atoms with van der Waals surface area (Å²) in [6.07, 6.45) is 1.05. The van der Waals surface area contributed by atoms with Gasteiger partial charge in [0.05, 0.1) is 0 Å². The summed E-state index contributed by atoms with van der Waals surface area (Å²) in [6.45, 7) is 5.72. The van der Waals surface area contributed by atoms with Crippen LogP contribution in [-0.4, -0.2) is 36.1 Å². The number of thiocarbonyl (C=S) groups is 1. The molecule has 0 saturated carbocycles. The van der Waals surface area contributed by atoms with Gasteiger partial charge in [-0.1, -0.05) is 19.1 Å². The van der Waals surface area contributed by atoms with Crippen molar-refractivity contribution in [3.8, 4) is 0 Å². The monoisotopic (exact) mass is 299 g/mol. The molecule has 1 saturated heterocycles. The van der Waals surface area contributed by atoms with E-state index in [4.69, 9.17) is 18.0 Å². The van der Waals surface area contributed by atoms with Crippen molar-refractivity contribution in [2.24, 2.45) is 11.7 Å². The van der Waals surface area contributed by atoms with Crippen LogP contribution in [0.1, 0.15) is 18.9 Å². The van der Waals surface area contributed by atoms with Crippen LogP contribution in [0.5, 0.6) is 0 Å². The molecule has 1 aliphatic heterocycles. The maximum absolute atomic E-state index is 13.9. The summed E-state index contributed by atoms with van der Waals surface area (Å²) in [6, 6.07) is 2.33. The van der Waals surface area contributed by atoms with Crippen LogP contribution in [0.2, 0.25) is 0 Å². The predicted molar refractivity (Wildman–Crippen MR) is 81.0 cm³/mol. The van der Waals surface area contributed by atoms with Gasteiger partial charge in [-0.05, 0) is 37.6 Å². The molecule has 0 aliphatic carbocycles. The van der Waals surface area contributed by atoms with Crippen molar-refractivity contribution in [3.63, 3.8) is 0 Å². The minimum absolute atomic E-state index is 0.0104. The first kappa shape index (κ1) is 15.1. The van der Waals surface area contributed by atoms with E-state index in [1.54, 1.807) is 0 Å². The fourth-order valence-corrected chi connectivity index (χ4v) is 2.62. The zero-order valence-corrected chi connectivity index (χ0v) is 12.3. The lowest BCUT2D eigenvalue weighted by atomic mass is 10.1. The van der Waals surface area contributed by atoms with Crippen molar-refractivity contribution in [1.82, 2.24) is 4.90 Å². The van der Waals surface area contributed by atoms with Crippen molar-refractivity contribution in [3.05, 3.63) is 29.3 Å². The van der Waals surface area contributed by atoms with E-state index in [0.717, 1.165) is 26.1 Å². The third-order valence-electron chi connectivity index (χ3n) is 3.71. The number of nitrogens with zero attached hydrogens (tertiary/aromatic N) is 1. The number of hydrogen-bond acceptors (Lipinski definition) is 3. The third kappa shape index (κ3) is 3.43. The largest absolute Gasteiger partial charge is 0.389 e. The maximum Gasteiger partial charge on any atom is 0.150 e. The summed E-state index contributed by atoms with van der Waals surface area (Å²) >= 11 is 4.72. The van der Waals surface area contributed by atoms with Crippen LogP contribution in [0.25, 0.3) is 0 Å². The number of hydrogen-bond donors (Lipinski definition) is 2. The van der Waals surface area contributed by atoms with Crippen LogP contribution in [0.3, 0.4) is 0 Å². The smallest absolute Gasteiger partial charge is 0.150 e. The Morgan fingerprint density at radius 2 is 2.10 bits per heavy atom. The van der Waals surface area contributed by atoms with Crippen molar-refractivity contribution in [1.29, 1.82) is 0 Å². The average Bonchev–Trinajstić information content (AvgIpc) is 2.85. The van der Waals surface area contributed by atoms with E-state index in [2.05, 4.69) is 17.1 Å². The molecule has 0 amide bonds. The second kappa shape index (κ2) is 6.45. The van der Waals surface area contributed by atoms with Crippen molar-refractivity contribution in [2.75, 3.05) is 31.5 Å². The summed E-state index contributed by atoms with van der Waals surface area (Å²) < 4.78 is 27.7. The minimum atomic E-state index is -0.654. The SMILES string of the molecule is CCN1CCC(CNc2c(F)cc(C(N)=S)cc2F)C1. The van der Waals surface area contributed by atoms with Gasteiger partial charge in [0.15, 0.2) is 0 Å². The second-order valence-electron chi connectivity index (χ2n) is 5.11. The molecule has 2 rings (SSSR count). The minimum Gasteiger partial charge on any atom is -0.389 e. The van der Waals surface area contributed by atoms with Gasteiger partial charge in [0.1, 0.15) is 22.3 Å². The van der Waals surface area contributed by atoms with Gasteiger partial charge in [0.2, 0.25) is 0 Å². The molecular weight excluding hydrogens is 280 g/mol. The van der Waals surface area contributed by atoms with Gasteiger partial charge in [0.25, 0.3) is 0 Å². The van der Waals surface area contributed by atoms with Gasteiger partial charge >= 0.3 is 0 Å². The predicted octanol–water partition coefficient (Wildman–Crippen LogP) is 2.35. The lowest BCUT2D eigenvalue weighted by Crippen LogP contribution is -2.23. The fraction of sp³-hybridized carbons (Fsp3) is 0.500. The molecule has 20 heavy (non-hydrogen) atoms. The molecule has 1 atom stereocenters. The molecule has 1 fully saturated rings. The van der Waals surface area contributed by atoms with Crippen LogP contribution in [0, 0.1) is 17.6 Å². The van der Waals surface area contributed by atoms with Crippen molar-refractivity contribution < 1.29 is 8.78 Å². The Morgan fingerprint density at radius 1 is 1.45 bits per heavy atom. The van der Waals surface area contributed by atoms with E-state index >= 15 is 0 Å². The average molecular weight is 299 g/mol. The molecule has 1 heterocycles. The summed E-state index contributed by atoms with van der Waals surface area (Å²) in [4.78, 5) is 2.32. The van der Waals surface area contributed by atoms with Crippen LogP contribution in [0.4, 0.5) is 14.5 Å². The van der Waals surface area contributed by atoms with Gasteiger partial charge < -0.3 is 16.0 Å². The molecule has 1 aromatic carbocycles. The molecule has 6 heteroatoms. The molecule has 3 nitrogen and oxygen atoms in total. The number of likely N-dealkylation sites (tertiary alicyclic amines) is 1. The summed E-state index contributed by atoms with van der Waals surface area (Å²) in [5, 5.41) is 2.87. The number of halogens is 2. The molecule has 110 valence electrons. The van der Waals surface area contributed by atoms with Gasteiger partial charge in [-0.2, -0.15) is 0 Å². The normalized spacial score (nSPS) is 19.2. The van der Waals surface area contributed by atoms with E-state index in [0.29, 0.717) is 12.5 Å². The second-order valence-corrected chi connectivity index (χ2v) is 5.55. The first-order valence-electron chi connectivity index (χ1n) is 6.76. The van der Waals surface area contributed by atoms with E-state index in [1.165, 1.54) is 12.1 Å². The van der Waals surface area contributed by atoms with Gasteiger partial charge in [-0.25, -0.2) is 8.78 Å². The van der Waals surface area contributed by atoms with E-state index < -0.39 is 11.6 Å². The standard InChI is InChI=1S/C14H19F2N3S/c1-2-19-4-3-9(8-19)7-18-13-11(15)5-10(14(17)20)6-12(13)16/h5-6,9,18H,2-4,7-8H2,1H3,(H2,17,20). The van der Waals surface area contributed by atoms with Crippen LogP contribution >= 0.6 is 12.2 Å². The molecule has 0 spiro atoms. The van der Waals surface area contributed by atoms with Crippen LogP contribution in [0.15, 0.2) is 12.1 Å². The Hall–Kier alpha value is -1.27. The number of nitrogens with one attached hydrogen (secondary N) is 1. The number of rotatable bonds is 5. The lowest BCUT2D eigenvalue weighted by Gasteiger charge is -2.15. The number of anilines is 1. The van der Waals surface area contributed by atoms with Gasteiger partial charge in [-0.3, -0.25) is 0 Å². The Kier molecular flexibility index (Phi) is 4.88. The highest BCUT2D eigenvalue weighted by atomic mass is 32.1. The van der Waals surface area contributed by atoms with E-state index in [1.807, 2.05) is 0 Å². The summed E-state index contributed by atoms with van der Waals surface area (Å²) in [5.74, 6) is -0.889. The molecule has 1 unspecified atom stereocenters. The topological polar surface area (TPSA) is 41.3 Å². The molecule has 1 aromatic rings. The Bertz CT molecular complexity index is 484. The van der Waals surface area contributed by atoms with E-state index in [-0.39, 0.29) is 16.2 Å². The van der Waals surface area contributed by atoms with Crippen LogP contribution in [-0.2, 0) is 0 Å². The summed E-state index contributed by atoms with van der Waals surface area (Å²) in [7, 11) is 0. The molecule has 0 aromatic heterocycles. The zero-order chi connectivity index (χ0) is 14.7. The number of nitrogens with two attached hydrogens (primary N) is 1. The van der Waals surface area contributed by atoms with Gasteiger partial charge in [-0.15, -0.1) is 0 Å². The molecular formula is C14H19F2N3S. The van der Waals surface area contributed by atoms with Gasteiger partial charge in [0, 0.05) is 18.7 Å². The molecule has 3 N–H and O–H groups in total. The van der Waals surface area contributed by atoms with Crippen LogP contribution < -0.4 is 11.1 Å². The first-order chi connectivity index (χ1) is 9.51. The highest BCUT2D eigenvalue weighted by Gasteiger charge is 2.22. The lowest BCUT2D eigenvalue weighted by molar-refractivity contribution is 0.345. The third-order valence-corrected chi connectivity index (χ3v) is 3.95. The highest BCUT2D eigenvalue weighted by molar-refractivity contribution is 7.80. The quantitative estimate of drug-likeness (QED) is 0.819. The van der Waals surface area contributed by atoms with Crippen molar-refractivity contribution in [2.45, 2.75) is 13.3 Å². The highest BCUT2D eigenvalue weighted by Crippen LogP contribution is 2.23. The Morgan fingerprint density at radius 3 is 2.60 bits per heavy atom. The van der Waals surface area contributed by atoms with E-state index in [9.17, 15) is 8.78 Å². The fourth-order valence-electron chi connectivity index (χ4n) is 2.50. The zero-order valence-electron chi connectivity index (χ0n) is 11.5. The molecule has 0 radical (unpaired) electrons. The Balaban J connectivity index is 2.01. The molecule has 0 bridgehead atoms. The number of benzene rings is 1. The molecule has 1 aliphatic rings. The summed E-state index contributed by atoms with van der Waals surface area (Å²) in [5.41, 5.74) is 5.49. The van der Waals surface area contributed by atoms with Crippen molar-refractivity contribution >= 4 is 22.9 Å². The first-order valence-corrected chi connectivity index (χ1v) is 7.17.